The van der Waals surface area contributed by atoms with Crippen LogP contribution in [0.15, 0.2) is 36.7 Å². The number of halogens is 1. The van der Waals surface area contributed by atoms with Crippen LogP contribution in [-0.4, -0.2) is 24.5 Å². The lowest BCUT2D eigenvalue weighted by Gasteiger charge is -2.16. The highest BCUT2D eigenvalue weighted by molar-refractivity contribution is 5.93. The van der Waals surface area contributed by atoms with Crippen LogP contribution in [0.5, 0.6) is 5.75 Å². The molecule has 0 aliphatic carbocycles. The fourth-order valence-corrected chi connectivity index (χ4v) is 2.55. The number of aromatic nitrogens is 1. The number of nitrogens with zero attached hydrogens (tertiary/aromatic N) is 1. The van der Waals surface area contributed by atoms with Crippen LogP contribution in [0, 0.1) is 6.92 Å². The first kappa shape index (κ1) is 20.0. The summed E-state index contributed by atoms with van der Waals surface area (Å²) in [7, 11) is 1.70. The topological polar surface area (TPSA) is 51.2 Å². The molecule has 0 bridgehead atoms. The number of rotatable bonds is 6. The Bertz CT molecular complexity index is 673. The van der Waals surface area contributed by atoms with Gasteiger partial charge in [0.2, 0.25) is 0 Å². The van der Waals surface area contributed by atoms with Gasteiger partial charge in [0.1, 0.15) is 5.75 Å². The second-order valence-corrected chi connectivity index (χ2v) is 5.92. The Balaban J connectivity index is 0.00000288. The molecule has 2 rings (SSSR count). The summed E-state index contributed by atoms with van der Waals surface area (Å²) in [6, 6.07) is 7.79. The number of hydrogen-bond acceptors (Lipinski definition) is 3. The van der Waals surface area contributed by atoms with Gasteiger partial charge in [0.25, 0.3) is 5.91 Å². The summed E-state index contributed by atoms with van der Waals surface area (Å²) in [6.45, 7) is 6.98. The zero-order valence-electron chi connectivity index (χ0n) is 14.6. The summed E-state index contributed by atoms with van der Waals surface area (Å²) in [4.78, 5) is 16.0. The van der Waals surface area contributed by atoms with Gasteiger partial charge in [-0.25, -0.2) is 0 Å². The summed E-state index contributed by atoms with van der Waals surface area (Å²) in [5, 5.41) is 2.94. The minimum atomic E-state index is -0.0895. The van der Waals surface area contributed by atoms with E-state index >= 15 is 0 Å². The highest BCUT2D eigenvalue weighted by Gasteiger charge is 2.11. The number of carbonyl (C=O) groups excluding carboxylic acids is 1. The van der Waals surface area contributed by atoms with Gasteiger partial charge in [0.05, 0.1) is 12.7 Å². The smallest absolute Gasteiger partial charge is 0.252 e. The zero-order valence-corrected chi connectivity index (χ0v) is 15.4. The van der Waals surface area contributed by atoms with Crippen molar-refractivity contribution in [3.8, 4) is 5.75 Å². The minimum absolute atomic E-state index is 0. The van der Waals surface area contributed by atoms with Crippen molar-refractivity contribution in [3.63, 3.8) is 0 Å². The molecule has 1 aromatic heterocycles. The first-order chi connectivity index (χ1) is 11.0. The largest absolute Gasteiger partial charge is 0.496 e. The predicted octanol–water partition coefficient (Wildman–Crippen LogP) is 3.92. The van der Waals surface area contributed by atoms with Gasteiger partial charge in [-0.2, -0.15) is 0 Å². The molecule has 5 heteroatoms. The van der Waals surface area contributed by atoms with Crippen LogP contribution in [-0.2, 0) is 6.42 Å². The molecule has 24 heavy (non-hydrogen) atoms. The fourth-order valence-electron chi connectivity index (χ4n) is 2.55. The molecule has 0 fully saturated rings. The van der Waals surface area contributed by atoms with E-state index in [2.05, 4.69) is 43.2 Å². The average Bonchev–Trinajstić information content (AvgIpc) is 2.56. The van der Waals surface area contributed by atoms with Crippen LogP contribution in [0.25, 0.3) is 0 Å². The first-order valence-corrected chi connectivity index (χ1v) is 7.88. The molecule has 0 saturated carbocycles. The number of carbonyl (C=O) groups is 1. The lowest BCUT2D eigenvalue weighted by atomic mass is 9.95. The second-order valence-electron chi connectivity index (χ2n) is 5.92. The first-order valence-electron chi connectivity index (χ1n) is 7.88. The van der Waals surface area contributed by atoms with E-state index < -0.39 is 0 Å². The van der Waals surface area contributed by atoms with Crippen molar-refractivity contribution in [1.82, 2.24) is 10.3 Å². The third kappa shape index (κ3) is 4.96. The number of nitrogens with one attached hydrogen (secondary N) is 1. The molecule has 0 saturated heterocycles. The van der Waals surface area contributed by atoms with Gasteiger partial charge in [0.15, 0.2) is 0 Å². The van der Waals surface area contributed by atoms with Crippen molar-refractivity contribution in [2.45, 2.75) is 33.1 Å². The van der Waals surface area contributed by atoms with Gasteiger partial charge in [-0.05, 0) is 54.2 Å². The normalized spacial score (nSPS) is 10.2. The van der Waals surface area contributed by atoms with Crippen LogP contribution < -0.4 is 10.1 Å². The van der Waals surface area contributed by atoms with E-state index in [-0.39, 0.29) is 18.3 Å². The SMILES string of the molecule is COc1cc(C)c(CCNC(=O)c2cccnc2)cc1C(C)C.Cl. The van der Waals surface area contributed by atoms with Gasteiger partial charge >= 0.3 is 0 Å². The summed E-state index contributed by atoms with van der Waals surface area (Å²) in [5.41, 5.74) is 4.20. The maximum absolute atomic E-state index is 12.0. The number of methoxy groups -OCH3 is 1. The number of aryl methyl sites for hydroxylation is 1. The van der Waals surface area contributed by atoms with Gasteiger partial charge in [-0.1, -0.05) is 19.9 Å². The van der Waals surface area contributed by atoms with E-state index in [1.165, 1.54) is 16.7 Å². The summed E-state index contributed by atoms with van der Waals surface area (Å²) in [6.07, 6.45) is 4.03. The molecule has 1 aromatic carbocycles. The lowest BCUT2D eigenvalue weighted by Crippen LogP contribution is -2.26. The Hall–Kier alpha value is -2.07. The quantitative estimate of drug-likeness (QED) is 0.860. The van der Waals surface area contributed by atoms with E-state index in [1.54, 1.807) is 31.6 Å². The van der Waals surface area contributed by atoms with E-state index in [9.17, 15) is 4.79 Å². The monoisotopic (exact) mass is 348 g/mol. The van der Waals surface area contributed by atoms with Gasteiger partial charge in [-0.15, -0.1) is 12.4 Å². The Morgan fingerprint density at radius 1 is 1.33 bits per heavy atom. The van der Waals surface area contributed by atoms with Crippen molar-refractivity contribution >= 4 is 18.3 Å². The third-order valence-electron chi connectivity index (χ3n) is 3.91. The highest BCUT2D eigenvalue weighted by atomic mass is 35.5. The number of amides is 1. The molecule has 1 amide bonds. The third-order valence-corrected chi connectivity index (χ3v) is 3.91. The van der Waals surface area contributed by atoms with Gasteiger partial charge in [0, 0.05) is 18.9 Å². The van der Waals surface area contributed by atoms with Gasteiger partial charge < -0.3 is 10.1 Å². The molecule has 0 atom stereocenters. The maximum Gasteiger partial charge on any atom is 0.252 e. The lowest BCUT2D eigenvalue weighted by molar-refractivity contribution is 0.0953. The molecule has 0 aliphatic rings. The van der Waals surface area contributed by atoms with Crippen LogP contribution in [0.4, 0.5) is 0 Å². The van der Waals surface area contributed by atoms with Crippen LogP contribution in [0.1, 0.15) is 46.8 Å². The molecule has 0 unspecified atom stereocenters. The Labute approximate surface area is 150 Å². The molecule has 0 radical (unpaired) electrons. The van der Waals surface area contributed by atoms with Crippen LogP contribution in [0.3, 0.4) is 0 Å². The van der Waals surface area contributed by atoms with Crippen molar-refractivity contribution in [1.29, 1.82) is 0 Å². The maximum atomic E-state index is 12.0. The van der Waals surface area contributed by atoms with Crippen molar-refractivity contribution in [2.24, 2.45) is 0 Å². The zero-order chi connectivity index (χ0) is 16.8. The predicted molar refractivity (Wildman–Crippen MR) is 99.3 cm³/mol. The Morgan fingerprint density at radius 3 is 2.67 bits per heavy atom. The Kier molecular flexibility index (Phi) is 7.72. The number of pyridine rings is 1. The average molecular weight is 349 g/mol. The summed E-state index contributed by atoms with van der Waals surface area (Å²) >= 11 is 0. The van der Waals surface area contributed by atoms with E-state index in [0.29, 0.717) is 18.0 Å². The molecule has 0 aliphatic heterocycles. The molecule has 1 N–H and O–H groups in total. The Morgan fingerprint density at radius 2 is 2.08 bits per heavy atom. The molecule has 1 heterocycles. The van der Waals surface area contributed by atoms with E-state index in [0.717, 1.165) is 12.2 Å². The molecule has 130 valence electrons. The van der Waals surface area contributed by atoms with Crippen molar-refractivity contribution in [2.75, 3.05) is 13.7 Å². The number of ether oxygens (including phenoxy) is 1. The fraction of sp³-hybridized carbons (Fsp3) is 0.368. The van der Waals surface area contributed by atoms with Crippen molar-refractivity contribution < 1.29 is 9.53 Å². The molecular weight excluding hydrogens is 324 g/mol. The van der Waals surface area contributed by atoms with Crippen LogP contribution >= 0.6 is 12.4 Å². The summed E-state index contributed by atoms with van der Waals surface area (Å²) < 4.78 is 5.47. The van der Waals surface area contributed by atoms with Gasteiger partial charge in [-0.3, -0.25) is 9.78 Å². The number of hydrogen-bond donors (Lipinski definition) is 1. The summed E-state index contributed by atoms with van der Waals surface area (Å²) in [5.74, 6) is 1.24. The molecule has 0 spiro atoms. The second kappa shape index (κ2) is 9.28. The highest BCUT2D eigenvalue weighted by Crippen LogP contribution is 2.29. The molecule has 2 aromatic rings. The van der Waals surface area contributed by atoms with Crippen molar-refractivity contribution in [3.05, 3.63) is 58.9 Å². The van der Waals surface area contributed by atoms with E-state index in [1.807, 2.05) is 0 Å². The molecular formula is C19H25ClN2O2. The number of benzene rings is 1. The molecule has 4 nitrogen and oxygen atoms in total. The van der Waals surface area contributed by atoms with E-state index in [4.69, 9.17) is 4.74 Å². The van der Waals surface area contributed by atoms with Crippen LogP contribution in [0.2, 0.25) is 0 Å². The minimum Gasteiger partial charge on any atom is -0.496 e. The standard InChI is InChI=1S/C19H24N2O2.ClH/c1-13(2)17-11-15(14(3)10-18(17)23-4)7-9-21-19(22)16-6-5-8-20-12-16;/h5-6,8,10-13H,7,9H2,1-4H3,(H,21,22);1H.